The fourth-order valence-corrected chi connectivity index (χ4v) is 11.4. The molecule has 1 fully saturated rings. The molecule has 0 heterocycles. The fraction of sp³-hybridized carbons (Fsp3) is 0.789. The molecule has 1 rings (SSSR count). The van der Waals surface area contributed by atoms with Gasteiger partial charge in [-0.15, -0.1) is 0 Å². The second-order valence-electron chi connectivity index (χ2n) is 8.25. The van der Waals surface area contributed by atoms with Crippen LogP contribution in [0.25, 0.3) is 0 Å². The number of aliphatic carboxylic acids is 1. The third kappa shape index (κ3) is 4.29. The first-order valence-corrected chi connectivity index (χ1v) is 11.3. The van der Waals surface area contributed by atoms with Gasteiger partial charge in [-0.3, -0.25) is 0 Å². The first-order valence-electron chi connectivity index (χ1n) is 9.19. The molecule has 0 unspecified atom stereocenters. The minimum absolute atomic E-state index is 0.0392. The molecule has 0 bridgehead atoms. The van der Waals surface area contributed by atoms with Crippen molar-refractivity contribution in [1.29, 1.82) is 0 Å². The Balaban J connectivity index is 3.22. The Morgan fingerprint density at radius 2 is 1.54 bits per heavy atom. The molecular formula is C19H34O4Si. The van der Waals surface area contributed by atoms with Crippen LogP contribution in [0.4, 0.5) is 0 Å². The van der Waals surface area contributed by atoms with Gasteiger partial charge in [0.15, 0.2) is 0 Å². The number of carbonyl (C=O) groups excluding carboxylic acids is 1. The molecule has 0 atom stereocenters. The van der Waals surface area contributed by atoms with Crippen molar-refractivity contribution < 1.29 is 19.1 Å². The van der Waals surface area contributed by atoms with Crippen LogP contribution in [0.3, 0.4) is 0 Å². The minimum Gasteiger partial charge on any atom is -0.515 e. The van der Waals surface area contributed by atoms with E-state index in [-0.39, 0.29) is 16.1 Å². The smallest absolute Gasteiger partial charge is 0.328 e. The molecule has 1 N–H and O–H groups in total. The number of carbonyl (C=O) groups is 2. The van der Waals surface area contributed by atoms with E-state index in [9.17, 15) is 9.59 Å². The maximum atomic E-state index is 12.4. The summed E-state index contributed by atoms with van der Waals surface area (Å²) in [6.07, 6.45) is 8.13. The molecule has 1 aliphatic carbocycles. The molecule has 0 aliphatic heterocycles. The number of hydrogen-bond acceptors (Lipinski definition) is 3. The molecule has 0 aromatic rings. The van der Waals surface area contributed by atoms with Gasteiger partial charge in [-0.05, 0) is 22.0 Å². The van der Waals surface area contributed by atoms with E-state index >= 15 is 0 Å². The summed E-state index contributed by atoms with van der Waals surface area (Å²) in [5, 5.41) is 8.72. The quantitative estimate of drug-likeness (QED) is 0.498. The lowest BCUT2D eigenvalue weighted by Crippen LogP contribution is -2.57. The summed E-state index contributed by atoms with van der Waals surface area (Å²) < 4.78 is 6.18. The highest BCUT2D eigenvalue weighted by Crippen LogP contribution is 2.58. The van der Waals surface area contributed by atoms with Crippen molar-refractivity contribution in [1.82, 2.24) is 0 Å². The summed E-state index contributed by atoms with van der Waals surface area (Å²) in [4.78, 5) is 23.1. The van der Waals surface area contributed by atoms with Crippen molar-refractivity contribution in [2.24, 2.45) is 5.92 Å². The monoisotopic (exact) mass is 354 g/mol. The van der Waals surface area contributed by atoms with Gasteiger partial charge < -0.3 is 9.53 Å². The van der Waals surface area contributed by atoms with Crippen molar-refractivity contribution >= 4 is 20.3 Å². The Kier molecular flexibility index (Phi) is 7.26. The molecule has 0 aromatic carbocycles. The van der Waals surface area contributed by atoms with Crippen LogP contribution in [-0.2, 0) is 14.0 Å². The molecule has 0 spiro atoms. The maximum absolute atomic E-state index is 12.4. The van der Waals surface area contributed by atoms with Crippen molar-refractivity contribution in [3.63, 3.8) is 0 Å². The summed E-state index contributed by atoms with van der Waals surface area (Å²) >= 11 is 0. The van der Waals surface area contributed by atoms with Crippen molar-refractivity contribution in [2.75, 3.05) is 0 Å². The molecule has 4 nitrogen and oxygen atoms in total. The van der Waals surface area contributed by atoms with E-state index < -0.39 is 20.3 Å². The van der Waals surface area contributed by atoms with E-state index in [0.29, 0.717) is 5.92 Å². The van der Waals surface area contributed by atoms with Gasteiger partial charge in [0.05, 0.1) is 0 Å². The largest absolute Gasteiger partial charge is 0.515 e. The summed E-state index contributed by atoms with van der Waals surface area (Å²) in [5.74, 6) is -1.06. The van der Waals surface area contributed by atoms with Crippen LogP contribution in [0.1, 0.15) is 73.6 Å². The van der Waals surface area contributed by atoms with E-state index in [4.69, 9.17) is 9.53 Å². The van der Waals surface area contributed by atoms with Gasteiger partial charge in [-0.2, -0.15) is 0 Å². The van der Waals surface area contributed by atoms with Gasteiger partial charge in [0.2, 0.25) is 0 Å². The standard InChI is InChI=1S/C19H34O4Si/c1-14(2)24(15(3)4,23-18(22)13-12-17(20)21)19(5,6)16-10-8-7-9-11-16/h12-16H,7-11H2,1-6H3,(H,20,21)/b13-12-. The highest BCUT2D eigenvalue weighted by Gasteiger charge is 2.59. The van der Waals surface area contributed by atoms with E-state index in [1.807, 2.05) is 0 Å². The van der Waals surface area contributed by atoms with Crippen molar-refractivity contribution in [3.8, 4) is 0 Å². The second-order valence-corrected chi connectivity index (χ2v) is 13.6. The molecule has 0 aromatic heterocycles. The Morgan fingerprint density at radius 1 is 1.04 bits per heavy atom. The van der Waals surface area contributed by atoms with Crippen LogP contribution in [0.2, 0.25) is 16.1 Å². The van der Waals surface area contributed by atoms with Gasteiger partial charge in [0.1, 0.15) is 0 Å². The summed E-state index contributed by atoms with van der Waals surface area (Å²) in [5.41, 5.74) is 0.549. The average molecular weight is 355 g/mol. The predicted octanol–water partition coefficient (Wildman–Crippen LogP) is 5.30. The Labute approximate surface area is 147 Å². The Hall–Kier alpha value is -1.10. The van der Waals surface area contributed by atoms with Gasteiger partial charge in [-0.1, -0.05) is 73.6 Å². The molecule has 24 heavy (non-hydrogen) atoms. The van der Waals surface area contributed by atoms with Gasteiger partial charge in [-0.25, -0.2) is 9.59 Å². The Morgan fingerprint density at radius 3 is 1.96 bits per heavy atom. The average Bonchev–Trinajstić information content (AvgIpc) is 2.50. The topological polar surface area (TPSA) is 63.6 Å². The number of carboxylic acids is 1. The van der Waals surface area contributed by atoms with Crippen LogP contribution in [-0.4, -0.2) is 25.4 Å². The number of carboxylic acid groups (broad SMARTS) is 1. The summed E-state index contributed by atoms with van der Waals surface area (Å²) in [6, 6.07) is 0. The third-order valence-corrected chi connectivity index (χ3v) is 12.4. The molecule has 0 radical (unpaired) electrons. The summed E-state index contributed by atoms with van der Waals surface area (Å²) in [7, 11) is -2.49. The summed E-state index contributed by atoms with van der Waals surface area (Å²) in [6.45, 7) is 13.2. The van der Waals surface area contributed by atoms with Crippen LogP contribution < -0.4 is 0 Å². The molecule has 138 valence electrons. The fourth-order valence-electron chi connectivity index (χ4n) is 5.01. The van der Waals surface area contributed by atoms with E-state index in [1.165, 1.54) is 32.1 Å². The van der Waals surface area contributed by atoms with Crippen LogP contribution >= 0.6 is 0 Å². The zero-order chi connectivity index (χ0) is 18.5. The van der Waals surface area contributed by atoms with Crippen LogP contribution in [0.5, 0.6) is 0 Å². The minimum atomic E-state index is -2.49. The lowest BCUT2D eigenvalue weighted by Gasteiger charge is -2.53. The van der Waals surface area contributed by atoms with E-state index in [1.54, 1.807) is 0 Å². The lowest BCUT2D eigenvalue weighted by atomic mass is 9.81. The van der Waals surface area contributed by atoms with E-state index in [0.717, 1.165) is 12.2 Å². The van der Waals surface area contributed by atoms with Crippen molar-refractivity contribution in [3.05, 3.63) is 12.2 Å². The highest BCUT2D eigenvalue weighted by molar-refractivity contribution is 6.80. The first-order chi connectivity index (χ1) is 11.1. The highest BCUT2D eigenvalue weighted by atomic mass is 28.4. The zero-order valence-corrected chi connectivity index (χ0v) is 17.1. The molecule has 1 aliphatic rings. The number of rotatable bonds is 7. The number of hydrogen-bond donors (Lipinski definition) is 1. The molecular weight excluding hydrogens is 320 g/mol. The Bertz CT molecular complexity index is 466. The van der Waals surface area contributed by atoms with Crippen LogP contribution in [0, 0.1) is 5.92 Å². The third-order valence-electron chi connectivity index (χ3n) is 5.98. The van der Waals surface area contributed by atoms with Crippen LogP contribution in [0.15, 0.2) is 12.2 Å². The molecule has 1 saturated carbocycles. The predicted molar refractivity (Wildman–Crippen MR) is 99.4 cm³/mol. The van der Waals surface area contributed by atoms with Gasteiger partial charge in [0.25, 0.3) is 8.32 Å². The molecule has 5 heteroatoms. The van der Waals surface area contributed by atoms with Gasteiger partial charge in [0, 0.05) is 12.2 Å². The lowest BCUT2D eigenvalue weighted by molar-refractivity contribution is -0.133. The molecule has 0 saturated heterocycles. The zero-order valence-electron chi connectivity index (χ0n) is 16.1. The van der Waals surface area contributed by atoms with E-state index in [2.05, 4.69) is 41.5 Å². The van der Waals surface area contributed by atoms with Gasteiger partial charge >= 0.3 is 11.9 Å². The molecule has 0 amide bonds. The maximum Gasteiger partial charge on any atom is 0.328 e. The SMILES string of the molecule is CC(C)[Si](OC(=O)/C=C\C(=O)O)(C(C)C)C(C)(C)C1CCCCC1. The normalized spacial score (nSPS) is 17.7. The van der Waals surface area contributed by atoms with Crippen molar-refractivity contribution in [2.45, 2.75) is 89.8 Å². The first kappa shape index (κ1) is 20.9. The second kappa shape index (κ2) is 8.32.